The lowest BCUT2D eigenvalue weighted by molar-refractivity contribution is -0.138. The number of amides is 1. The topological polar surface area (TPSA) is 156 Å². The average molecular weight is 281 g/mol. The summed E-state index contributed by atoms with van der Waals surface area (Å²) in [6.45, 7) is 0. The molecule has 1 rings (SSSR count). The molecule has 1 amide bonds. The molecule has 20 heavy (non-hydrogen) atoms. The Morgan fingerprint density at radius 2 is 1.90 bits per heavy atom. The van der Waals surface area contributed by atoms with E-state index in [0.29, 0.717) is 0 Å². The lowest BCUT2D eigenvalue weighted by atomic mass is 10.1. The first kappa shape index (κ1) is 15.4. The van der Waals surface area contributed by atoms with Crippen LogP contribution in [0.15, 0.2) is 18.2 Å². The quantitative estimate of drug-likeness (QED) is 0.463. The number of nitrogens with two attached hydrogens (primary N) is 2. The van der Waals surface area contributed by atoms with Crippen molar-refractivity contribution in [3.63, 3.8) is 0 Å². The predicted octanol–water partition coefficient (Wildman–Crippen LogP) is 0.0976. The summed E-state index contributed by atoms with van der Waals surface area (Å²) >= 11 is 0. The Kier molecular flexibility index (Phi) is 5.04. The number of carbonyl (C=O) groups excluding carboxylic acids is 1. The minimum absolute atomic E-state index is 0.0431. The van der Waals surface area contributed by atoms with E-state index < -0.39 is 23.9 Å². The van der Waals surface area contributed by atoms with Crippen molar-refractivity contribution < 1.29 is 24.6 Å². The molecule has 0 spiro atoms. The van der Waals surface area contributed by atoms with Gasteiger partial charge in [0.25, 0.3) is 0 Å². The van der Waals surface area contributed by atoms with Gasteiger partial charge in [-0.2, -0.15) is 0 Å². The monoisotopic (exact) mass is 281 g/mol. The van der Waals surface area contributed by atoms with Crippen molar-refractivity contribution in [3.05, 3.63) is 23.8 Å². The maximum absolute atomic E-state index is 11.6. The molecule has 0 aromatic heterocycles. The summed E-state index contributed by atoms with van der Waals surface area (Å²) in [6.07, 6.45) is -0.171. The molecule has 7 N–H and O–H groups in total. The molecule has 0 unspecified atom stereocenters. The number of benzene rings is 1. The number of nitrogens with one attached hydrogen (secondary N) is 1. The van der Waals surface area contributed by atoms with Crippen molar-refractivity contribution in [1.82, 2.24) is 0 Å². The molecule has 8 heteroatoms. The third-order valence-electron chi connectivity index (χ3n) is 2.55. The van der Waals surface area contributed by atoms with Gasteiger partial charge < -0.3 is 27.0 Å². The van der Waals surface area contributed by atoms with E-state index in [9.17, 15) is 14.4 Å². The molecular weight excluding hydrogens is 266 g/mol. The van der Waals surface area contributed by atoms with Gasteiger partial charge >= 0.3 is 11.9 Å². The second-order valence-electron chi connectivity index (χ2n) is 4.14. The van der Waals surface area contributed by atoms with Crippen LogP contribution in [0.4, 0.5) is 11.4 Å². The summed E-state index contributed by atoms with van der Waals surface area (Å²) in [7, 11) is 0. The van der Waals surface area contributed by atoms with E-state index in [0.717, 1.165) is 0 Å². The molecule has 1 aromatic rings. The van der Waals surface area contributed by atoms with Crippen LogP contribution < -0.4 is 16.8 Å². The number of anilines is 2. The van der Waals surface area contributed by atoms with Crippen LogP contribution in [-0.4, -0.2) is 34.1 Å². The summed E-state index contributed by atoms with van der Waals surface area (Å²) in [4.78, 5) is 33.1. The Labute approximate surface area is 114 Å². The van der Waals surface area contributed by atoms with Gasteiger partial charge in [-0.3, -0.25) is 9.59 Å². The maximum Gasteiger partial charge on any atom is 0.337 e. The van der Waals surface area contributed by atoms with Gasteiger partial charge in [-0.15, -0.1) is 0 Å². The molecule has 0 bridgehead atoms. The van der Waals surface area contributed by atoms with E-state index in [1.165, 1.54) is 18.2 Å². The van der Waals surface area contributed by atoms with Crippen LogP contribution in [0.5, 0.6) is 0 Å². The Morgan fingerprint density at radius 1 is 1.25 bits per heavy atom. The van der Waals surface area contributed by atoms with Crippen LogP contribution in [0.2, 0.25) is 0 Å². The number of hydrogen-bond donors (Lipinski definition) is 5. The highest BCUT2D eigenvalue weighted by atomic mass is 16.4. The predicted molar refractivity (Wildman–Crippen MR) is 71.3 cm³/mol. The van der Waals surface area contributed by atoms with Crippen LogP contribution in [-0.2, 0) is 9.59 Å². The highest BCUT2D eigenvalue weighted by molar-refractivity contribution is 6.01. The van der Waals surface area contributed by atoms with Gasteiger partial charge in [0.1, 0.15) is 6.04 Å². The number of carboxylic acids is 2. The zero-order valence-electron chi connectivity index (χ0n) is 10.5. The Balaban J connectivity index is 2.71. The van der Waals surface area contributed by atoms with Crippen molar-refractivity contribution in [2.24, 2.45) is 5.73 Å². The van der Waals surface area contributed by atoms with E-state index in [2.05, 4.69) is 5.32 Å². The molecule has 1 atom stereocenters. The fourth-order valence-electron chi connectivity index (χ4n) is 1.47. The summed E-state index contributed by atoms with van der Waals surface area (Å²) in [5.74, 6) is -2.94. The average Bonchev–Trinajstić information content (AvgIpc) is 2.37. The molecule has 0 aliphatic carbocycles. The van der Waals surface area contributed by atoms with Gasteiger partial charge in [0.2, 0.25) is 5.91 Å². The van der Waals surface area contributed by atoms with Gasteiger partial charge in [-0.25, -0.2) is 4.79 Å². The van der Waals surface area contributed by atoms with E-state index >= 15 is 0 Å². The standard InChI is InChI=1S/C12H15N3O5/c13-6-1-3-9(7(5-6)11(17)18)15-10(16)4-2-8(14)12(19)20/h1,3,5,8H,2,4,13-14H2,(H,15,16)(H,17,18)(H,19,20)/t8-/m0/s1. The molecule has 8 nitrogen and oxygen atoms in total. The van der Waals surface area contributed by atoms with Crippen LogP contribution >= 0.6 is 0 Å². The number of aromatic carboxylic acids is 1. The molecule has 0 saturated carbocycles. The van der Waals surface area contributed by atoms with E-state index in [1.807, 2.05) is 0 Å². The third kappa shape index (κ3) is 4.25. The summed E-state index contributed by atoms with van der Waals surface area (Å²) in [6, 6.07) is 2.91. The molecule has 0 aliphatic heterocycles. The maximum atomic E-state index is 11.6. The SMILES string of the molecule is Nc1ccc(NC(=O)CC[C@H](N)C(=O)O)c(C(=O)O)c1. The number of hydrogen-bond acceptors (Lipinski definition) is 5. The summed E-state index contributed by atoms with van der Waals surface area (Å²) in [5.41, 5.74) is 11.0. The minimum Gasteiger partial charge on any atom is -0.480 e. The van der Waals surface area contributed by atoms with Crippen molar-refractivity contribution in [2.75, 3.05) is 11.1 Å². The van der Waals surface area contributed by atoms with Crippen molar-refractivity contribution >= 4 is 29.2 Å². The molecule has 0 radical (unpaired) electrons. The van der Waals surface area contributed by atoms with Gasteiger partial charge in [0.05, 0.1) is 11.3 Å². The largest absolute Gasteiger partial charge is 0.480 e. The van der Waals surface area contributed by atoms with Crippen LogP contribution in [0, 0.1) is 0 Å². The lowest BCUT2D eigenvalue weighted by Crippen LogP contribution is -2.31. The smallest absolute Gasteiger partial charge is 0.337 e. The number of carbonyl (C=O) groups is 3. The molecule has 0 heterocycles. The normalized spacial score (nSPS) is 11.7. The molecule has 0 saturated heterocycles. The molecule has 0 aliphatic rings. The fourth-order valence-corrected chi connectivity index (χ4v) is 1.47. The first-order valence-corrected chi connectivity index (χ1v) is 5.72. The minimum atomic E-state index is -1.23. The number of nitrogen functional groups attached to an aromatic ring is 1. The number of aliphatic carboxylic acids is 1. The first-order valence-electron chi connectivity index (χ1n) is 5.72. The van der Waals surface area contributed by atoms with Crippen molar-refractivity contribution in [3.8, 4) is 0 Å². The number of rotatable bonds is 6. The van der Waals surface area contributed by atoms with Crippen molar-refractivity contribution in [1.29, 1.82) is 0 Å². The van der Waals surface area contributed by atoms with Crippen LogP contribution in [0.25, 0.3) is 0 Å². The van der Waals surface area contributed by atoms with Gasteiger partial charge in [0, 0.05) is 12.1 Å². The second kappa shape index (κ2) is 6.53. The van der Waals surface area contributed by atoms with Crippen molar-refractivity contribution in [2.45, 2.75) is 18.9 Å². The molecule has 1 aromatic carbocycles. The molecule has 0 fully saturated rings. The van der Waals surface area contributed by atoms with Gasteiger partial charge in [-0.1, -0.05) is 0 Å². The summed E-state index contributed by atoms with van der Waals surface area (Å²) < 4.78 is 0. The Morgan fingerprint density at radius 3 is 2.45 bits per heavy atom. The molecular formula is C12H15N3O5. The first-order chi connectivity index (χ1) is 9.31. The number of carboxylic acid groups (broad SMARTS) is 2. The highest BCUT2D eigenvalue weighted by Crippen LogP contribution is 2.19. The Hall–Kier alpha value is -2.61. The van der Waals surface area contributed by atoms with E-state index in [-0.39, 0.29) is 29.8 Å². The fraction of sp³-hybridized carbons (Fsp3) is 0.250. The van der Waals surface area contributed by atoms with Crippen LogP contribution in [0.1, 0.15) is 23.2 Å². The van der Waals surface area contributed by atoms with Crippen LogP contribution in [0.3, 0.4) is 0 Å². The highest BCUT2D eigenvalue weighted by Gasteiger charge is 2.16. The molecule has 108 valence electrons. The summed E-state index contributed by atoms with van der Waals surface area (Å²) in [5, 5.41) is 20.0. The third-order valence-corrected chi connectivity index (χ3v) is 2.55. The van der Waals surface area contributed by atoms with Gasteiger partial charge in [0.15, 0.2) is 0 Å². The lowest BCUT2D eigenvalue weighted by Gasteiger charge is -2.10. The zero-order valence-corrected chi connectivity index (χ0v) is 10.5. The van der Waals surface area contributed by atoms with Gasteiger partial charge in [-0.05, 0) is 24.6 Å². The Bertz CT molecular complexity index is 544. The van der Waals surface area contributed by atoms with E-state index in [4.69, 9.17) is 21.7 Å². The second-order valence-corrected chi connectivity index (χ2v) is 4.14. The van der Waals surface area contributed by atoms with E-state index in [1.54, 1.807) is 0 Å². The zero-order chi connectivity index (χ0) is 15.3.